The summed E-state index contributed by atoms with van der Waals surface area (Å²) in [6.07, 6.45) is 3.47. The summed E-state index contributed by atoms with van der Waals surface area (Å²) in [7, 11) is 1.34. The van der Waals surface area contributed by atoms with Crippen LogP contribution in [0.3, 0.4) is 0 Å². The van der Waals surface area contributed by atoms with Crippen LogP contribution in [0.2, 0.25) is 5.02 Å². The van der Waals surface area contributed by atoms with Crippen molar-refractivity contribution in [2.45, 2.75) is 10.4 Å². The molecule has 3 heterocycles. The topological polar surface area (TPSA) is 111 Å². The van der Waals surface area contributed by atoms with Crippen molar-refractivity contribution in [2.75, 3.05) is 63.8 Å². The number of nitrogens with zero attached hydrogens (tertiary/aromatic N) is 4. The van der Waals surface area contributed by atoms with Crippen LogP contribution in [0.25, 0.3) is 0 Å². The third-order valence-electron chi connectivity index (χ3n) is 8.53. The number of methoxy groups -OCH3 is 4. The van der Waals surface area contributed by atoms with Gasteiger partial charge in [-0.1, -0.05) is 11.6 Å². The molecule has 4 aromatic rings. The number of hydrogen-bond acceptors (Lipinski definition) is 10. The summed E-state index contributed by atoms with van der Waals surface area (Å²) in [6.45, 7) is 1.95. The van der Waals surface area contributed by atoms with E-state index in [2.05, 4.69) is 9.88 Å². The molecule has 0 radical (unpaired) electrons. The predicted molar refractivity (Wildman–Crippen MR) is 174 cm³/mol. The minimum Gasteiger partial charge on any atom is -0.497 e. The molecule has 1 saturated heterocycles. The molecule has 46 heavy (non-hydrogen) atoms. The number of pyridine rings is 1. The highest BCUT2D eigenvalue weighted by atomic mass is 35.5. The Kier molecular flexibility index (Phi) is 8.45. The largest absolute Gasteiger partial charge is 0.497 e. The van der Waals surface area contributed by atoms with E-state index in [0.717, 1.165) is 9.99 Å². The van der Waals surface area contributed by atoms with Gasteiger partial charge in [0, 0.05) is 72.5 Å². The lowest BCUT2D eigenvalue weighted by atomic mass is 9.80. The van der Waals surface area contributed by atoms with E-state index in [4.69, 9.17) is 30.5 Å². The maximum Gasteiger partial charge on any atom is 0.274 e. The number of halogens is 1. The molecule has 6 rings (SSSR count). The van der Waals surface area contributed by atoms with Gasteiger partial charge in [0.25, 0.3) is 15.9 Å². The number of carbonyl (C=O) groups excluding carboxylic acids is 1. The van der Waals surface area contributed by atoms with E-state index in [0.29, 0.717) is 59.6 Å². The molecule has 0 aliphatic carbocycles. The van der Waals surface area contributed by atoms with Crippen LogP contribution >= 0.6 is 11.6 Å². The number of aromatic nitrogens is 1. The van der Waals surface area contributed by atoms with Gasteiger partial charge in [0.1, 0.15) is 27.9 Å². The standard InChI is InChI=1S/C33H33ClN4O7S/c1-42-24-6-8-26(29(20-24)44-3)33(37-17-15-36(16-18-37)23-11-13-35-14-12-23)27-19-22(34)5-9-28(27)38(32(33)39)46(40,41)31-10-7-25(43-2)21-30(31)45-4/h5-14,19-21H,15-18H2,1-4H3. The fourth-order valence-corrected chi connectivity index (χ4v) is 8.13. The molecule has 240 valence electrons. The summed E-state index contributed by atoms with van der Waals surface area (Å²) in [5.74, 6) is 0.621. The SMILES string of the molecule is COc1ccc(C2(N3CCN(c4ccncc4)CC3)C(=O)N(S(=O)(=O)c3ccc(OC)cc3OC)c3ccc(Cl)cc32)c(OC)c1. The Morgan fingerprint density at radius 2 is 1.37 bits per heavy atom. The summed E-state index contributed by atoms with van der Waals surface area (Å²) in [5.41, 5.74) is 0.432. The van der Waals surface area contributed by atoms with E-state index in [1.54, 1.807) is 48.8 Å². The first kappa shape index (κ1) is 31.5. The number of piperazine rings is 1. The molecule has 1 unspecified atom stereocenters. The molecule has 2 aliphatic rings. The highest BCUT2D eigenvalue weighted by Crippen LogP contribution is 2.54. The molecule has 0 spiro atoms. The molecular weight excluding hydrogens is 632 g/mol. The lowest BCUT2D eigenvalue weighted by Gasteiger charge is -2.46. The fourth-order valence-electron chi connectivity index (χ4n) is 6.36. The van der Waals surface area contributed by atoms with Gasteiger partial charge in [0.05, 0.1) is 34.1 Å². The second-order valence-electron chi connectivity index (χ2n) is 10.7. The molecule has 1 atom stereocenters. The van der Waals surface area contributed by atoms with Gasteiger partial charge >= 0.3 is 0 Å². The lowest BCUT2D eigenvalue weighted by Crippen LogP contribution is -2.60. The minimum absolute atomic E-state index is 0.0353. The second kappa shape index (κ2) is 12.3. The minimum atomic E-state index is -4.54. The Labute approximate surface area is 272 Å². The quantitative estimate of drug-likeness (QED) is 0.252. The van der Waals surface area contributed by atoms with Crippen molar-refractivity contribution in [1.29, 1.82) is 0 Å². The van der Waals surface area contributed by atoms with E-state index in [1.807, 2.05) is 17.0 Å². The molecule has 1 amide bonds. The molecule has 13 heteroatoms. The van der Waals surface area contributed by atoms with Gasteiger partial charge in [0.2, 0.25) is 0 Å². The average Bonchev–Trinajstić information content (AvgIpc) is 3.36. The van der Waals surface area contributed by atoms with Gasteiger partial charge in [-0.15, -0.1) is 0 Å². The molecule has 2 aliphatic heterocycles. The van der Waals surface area contributed by atoms with Crippen molar-refractivity contribution in [1.82, 2.24) is 9.88 Å². The van der Waals surface area contributed by atoms with Crippen LogP contribution < -0.4 is 28.2 Å². The number of fused-ring (bicyclic) bond motifs is 1. The molecule has 1 fully saturated rings. The Hall–Kier alpha value is -4.52. The first-order valence-electron chi connectivity index (χ1n) is 14.4. The zero-order valence-electron chi connectivity index (χ0n) is 25.8. The number of sulfonamides is 1. The van der Waals surface area contributed by atoms with Crippen LogP contribution in [0.1, 0.15) is 11.1 Å². The number of rotatable bonds is 9. The van der Waals surface area contributed by atoms with Crippen molar-refractivity contribution in [3.05, 3.63) is 95.3 Å². The Bertz CT molecular complexity index is 1880. The van der Waals surface area contributed by atoms with Gasteiger partial charge in [-0.25, -0.2) is 12.7 Å². The molecule has 0 saturated carbocycles. The maximum atomic E-state index is 15.3. The van der Waals surface area contributed by atoms with Crippen LogP contribution in [-0.4, -0.2) is 78.8 Å². The van der Waals surface area contributed by atoms with Crippen LogP contribution in [0.4, 0.5) is 11.4 Å². The first-order chi connectivity index (χ1) is 22.2. The van der Waals surface area contributed by atoms with Gasteiger partial charge < -0.3 is 23.8 Å². The number of anilines is 2. The lowest BCUT2D eigenvalue weighted by molar-refractivity contribution is -0.127. The van der Waals surface area contributed by atoms with Crippen LogP contribution in [0.5, 0.6) is 23.0 Å². The summed E-state index contributed by atoms with van der Waals surface area (Å²) in [5, 5.41) is 0.347. The van der Waals surface area contributed by atoms with Crippen LogP contribution in [0, 0.1) is 0 Å². The van der Waals surface area contributed by atoms with Crippen molar-refractivity contribution >= 4 is 38.9 Å². The maximum absolute atomic E-state index is 15.3. The third-order valence-corrected chi connectivity index (χ3v) is 10.5. The highest BCUT2D eigenvalue weighted by molar-refractivity contribution is 7.93. The van der Waals surface area contributed by atoms with Crippen LogP contribution in [0.15, 0.2) is 84.0 Å². The summed E-state index contributed by atoms with van der Waals surface area (Å²) < 4.78 is 52.2. The van der Waals surface area contributed by atoms with Gasteiger partial charge in [-0.3, -0.25) is 14.7 Å². The Morgan fingerprint density at radius 1 is 0.739 bits per heavy atom. The fraction of sp³-hybridized carbons (Fsp3) is 0.273. The van der Waals surface area contributed by atoms with Crippen molar-refractivity contribution < 1.29 is 32.2 Å². The van der Waals surface area contributed by atoms with E-state index < -0.39 is 21.5 Å². The Morgan fingerprint density at radius 3 is 2.00 bits per heavy atom. The van der Waals surface area contributed by atoms with Gasteiger partial charge in [0.15, 0.2) is 5.54 Å². The number of benzene rings is 3. The zero-order valence-corrected chi connectivity index (χ0v) is 27.3. The van der Waals surface area contributed by atoms with Gasteiger partial charge in [-0.05, 0) is 54.6 Å². The van der Waals surface area contributed by atoms with Crippen molar-refractivity contribution in [3.63, 3.8) is 0 Å². The number of carbonyl (C=O) groups is 1. The smallest absolute Gasteiger partial charge is 0.274 e. The molecule has 0 N–H and O–H groups in total. The number of hydrogen-bond donors (Lipinski definition) is 0. The number of ether oxygens (including phenoxy) is 4. The summed E-state index contributed by atoms with van der Waals surface area (Å²) in [4.78, 5) is 23.4. The number of amides is 1. The van der Waals surface area contributed by atoms with Crippen LogP contribution in [-0.2, 0) is 20.4 Å². The van der Waals surface area contributed by atoms with E-state index in [9.17, 15) is 8.42 Å². The van der Waals surface area contributed by atoms with E-state index in [1.165, 1.54) is 46.6 Å². The van der Waals surface area contributed by atoms with Crippen molar-refractivity contribution in [2.24, 2.45) is 0 Å². The summed E-state index contributed by atoms with van der Waals surface area (Å²) >= 11 is 6.61. The molecule has 11 nitrogen and oxygen atoms in total. The monoisotopic (exact) mass is 664 g/mol. The first-order valence-corrected chi connectivity index (χ1v) is 16.3. The average molecular weight is 665 g/mol. The van der Waals surface area contributed by atoms with Gasteiger partial charge in [-0.2, -0.15) is 0 Å². The molecular formula is C33H33ClN4O7S. The van der Waals surface area contributed by atoms with E-state index in [-0.39, 0.29) is 16.3 Å². The third kappa shape index (κ3) is 4.97. The zero-order chi connectivity index (χ0) is 32.6. The Balaban J connectivity index is 1.57. The normalized spacial score (nSPS) is 18.3. The van der Waals surface area contributed by atoms with Crippen molar-refractivity contribution in [3.8, 4) is 23.0 Å². The predicted octanol–water partition coefficient (Wildman–Crippen LogP) is 4.57. The summed E-state index contributed by atoms with van der Waals surface area (Å²) in [6, 6.07) is 18.2. The molecule has 3 aromatic carbocycles. The molecule has 1 aromatic heterocycles. The van der Waals surface area contributed by atoms with E-state index >= 15 is 4.79 Å². The molecule has 0 bridgehead atoms. The second-order valence-corrected chi connectivity index (χ2v) is 12.9. The highest BCUT2D eigenvalue weighted by Gasteiger charge is 2.61.